The molecule has 118 valence electrons. The van der Waals surface area contributed by atoms with Crippen molar-refractivity contribution in [3.05, 3.63) is 34.9 Å². The fraction of sp³-hybridized carbons (Fsp3) is 0.600. The van der Waals surface area contributed by atoms with Gasteiger partial charge in [0.1, 0.15) is 36.1 Å². The summed E-state index contributed by atoms with van der Waals surface area (Å²) in [5.74, 6) is -1.24. The Kier molecular flexibility index (Phi) is 5.27. The van der Waals surface area contributed by atoms with Crippen LogP contribution in [0.4, 0.5) is 8.78 Å². The van der Waals surface area contributed by atoms with E-state index < -0.39 is 23.8 Å². The van der Waals surface area contributed by atoms with Gasteiger partial charge in [-0.3, -0.25) is 0 Å². The molecule has 0 aromatic heterocycles. The summed E-state index contributed by atoms with van der Waals surface area (Å²) in [5.41, 5.74) is 0.621. The monoisotopic (exact) mass is 302 g/mol. The minimum Gasteiger partial charge on any atom is -0.382 e. The predicted molar refractivity (Wildman–Crippen MR) is 72.2 cm³/mol. The molecule has 0 bridgehead atoms. The van der Waals surface area contributed by atoms with Gasteiger partial charge in [0.05, 0.1) is 6.61 Å². The van der Waals surface area contributed by atoms with Gasteiger partial charge in [0.25, 0.3) is 0 Å². The molecule has 1 aromatic carbocycles. The molecule has 0 saturated carbocycles. The fourth-order valence-electron chi connectivity index (χ4n) is 2.72. The molecule has 0 radical (unpaired) electrons. The van der Waals surface area contributed by atoms with Gasteiger partial charge in [0.2, 0.25) is 0 Å². The standard InChI is InChI=1S/C15H20F2O4/c1-8-5-9(11(17)6-10(8)16)13-15(20-4)14(19-3)12(21-13)7-18-2/h5-6,12-15H,7H2,1-4H3/t12-,13+,14?,15?/m1/s1. The highest BCUT2D eigenvalue weighted by Gasteiger charge is 2.46. The third-order valence-corrected chi connectivity index (χ3v) is 3.77. The first kappa shape index (κ1) is 16.3. The second-order valence-corrected chi connectivity index (χ2v) is 5.07. The SMILES string of the molecule is COC[C@H]1O[C@@H](c2cc(C)c(F)cc2F)C(OC)C1OC. The summed E-state index contributed by atoms with van der Waals surface area (Å²) in [4.78, 5) is 0. The van der Waals surface area contributed by atoms with Crippen LogP contribution >= 0.6 is 0 Å². The van der Waals surface area contributed by atoms with Gasteiger partial charge in [-0.1, -0.05) is 0 Å². The Morgan fingerprint density at radius 2 is 1.71 bits per heavy atom. The molecule has 0 N–H and O–H groups in total. The molecule has 2 rings (SSSR count). The molecule has 4 atom stereocenters. The zero-order valence-corrected chi connectivity index (χ0v) is 12.6. The quantitative estimate of drug-likeness (QED) is 0.837. The van der Waals surface area contributed by atoms with Crippen LogP contribution in [0.2, 0.25) is 0 Å². The zero-order valence-electron chi connectivity index (χ0n) is 12.6. The molecule has 1 aliphatic heterocycles. The van der Waals surface area contributed by atoms with Crippen LogP contribution in [0.3, 0.4) is 0 Å². The maximum absolute atomic E-state index is 14.1. The average molecular weight is 302 g/mol. The highest BCUT2D eigenvalue weighted by atomic mass is 19.1. The number of ether oxygens (including phenoxy) is 4. The Balaban J connectivity index is 2.36. The first-order chi connectivity index (χ1) is 10.0. The van der Waals surface area contributed by atoms with Gasteiger partial charge in [-0.05, 0) is 18.6 Å². The van der Waals surface area contributed by atoms with E-state index in [0.29, 0.717) is 12.2 Å². The number of benzene rings is 1. The molecule has 0 spiro atoms. The van der Waals surface area contributed by atoms with Crippen molar-refractivity contribution in [2.45, 2.75) is 31.3 Å². The lowest BCUT2D eigenvalue weighted by molar-refractivity contribution is -0.0480. The van der Waals surface area contributed by atoms with Crippen molar-refractivity contribution in [2.75, 3.05) is 27.9 Å². The van der Waals surface area contributed by atoms with Crippen LogP contribution < -0.4 is 0 Å². The van der Waals surface area contributed by atoms with Gasteiger partial charge >= 0.3 is 0 Å². The van der Waals surface area contributed by atoms with Crippen molar-refractivity contribution in [1.29, 1.82) is 0 Å². The van der Waals surface area contributed by atoms with E-state index in [1.165, 1.54) is 20.3 Å². The van der Waals surface area contributed by atoms with Gasteiger partial charge < -0.3 is 18.9 Å². The smallest absolute Gasteiger partial charge is 0.132 e. The highest BCUT2D eigenvalue weighted by molar-refractivity contribution is 5.29. The Hall–Kier alpha value is -1.08. The molecule has 1 saturated heterocycles. The van der Waals surface area contributed by atoms with Gasteiger partial charge in [0, 0.05) is 33.0 Å². The molecule has 1 fully saturated rings. The number of hydrogen-bond donors (Lipinski definition) is 0. The third-order valence-electron chi connectivity index (χ3n) is 3.77. The van der Waals surface area contributed by atoms with E-state index in [-0.39, 0.29) is 17.8 Å². The molecule has 0 amide bonds. The molecule has 1 aliphatic rings. The van der Waals surface area contributed by atoms with Crippen LogP contribution in [0.1, 0.15) is 17.2 Å². The van der Waals surface area contributed by atoms with E-state index in [9.17, 15) is 8.78 Å². The molecule has 6 heteroatoms. The molecular formula is C15H20F2O4. The maximum atomic E-state index is 14.1. The van der Waals surface area contributed by atoms with E-state index in [2.05, 4.69) is 0 Å². The van der Waals surface area contributed by atoms with Crippen molar-refractivity contribution in [3.63, 3.8) is 0 Å². The van der Waals surface area contributed by atoms with Gasteiger partial charge in [0.15, 0.2) is 0 Å². The van der Waals surface area contributed by atoms with E-state index in [1.807, 2.05) is 0 Å². The van der Waals surface area contributed by atoms with Crippen LogP contribution in [0, 0.1) is 18.6 Å². The van der Waals surface area contributed by atoms with Gasteiger partial charge in [-0.25, -0.2) is 8.78 Å². The van der Waals surface area contributed by atoms with E-state index in [4.69, 9.17) is 18.9 Å². The molecule has 21 heavy (non-hydrogen) atoms. The lowest BCUT2D eigenvalue weighted by Crippen LogP contribution is -2.36. The summed E-state index contributed by atoms with van der Waals surface area (Å²) in [5, 5.41) is 0. The first-order valence-electron chi connectivity index (χ1n) is 6.69. The van der Waals surface area contributed by atoms with Crippen LogP contribution in [0.5, 0.6) is 0 Å². The van der Waals surface area contributed by atoms with E-state index in [0.717, 1.165) is 6.07 Å². The fourth-order valence-corrected chi connectivity index (χ4v) is 2.72. The lowest BCUT2D eigenvalue weighted by atomic mass is 9.99. The van der Waals surface area contributed by atoms with Crippen LogP contribution in [-0.2, 0) is 18.9 Å². The zero-order chi connectivity index (χ0) is 15.6. The Morgan fingerprint density at radius 3 is 2.29 bits per heavy atom. The minimum atomic E-state index is -0.667. The van der Waals surface area contributed by atoms with Crippen LogP contribution in [0.15, 0.2) is 12.1 Å². The summed E-state index contributed by atoms with van der Waals surface area (Å²) in [6, 6.07) is 2.31. The second kappa shape index (κ2) is 6.79. The van der Waals surface area contributed by atoms with Crippen molar-refractivity contribution in [3.8, 4) is 0 Å². The summed E-state index contributed by atoms with van der Waals surface area (Å²) >= 11 is 0. The predicted octanol–water partition coefficient (Wildman–Crippen LogP) is 2.39. The topological polar surface area (TPSA) is 36.9 Å². The molecule has 1 aromatic rings. The van der Waals surface area contributed by atoms with E-state index in [1.54, 1.807) is 14.0 Å². The highest BCUT2D eigenvalue weighted by Crippen LogP contribution is 2.38. The molecule has 2 unspecified atom stereocenters. The number of rotatable bonds is 5. The van der Waals surface area contributed by atoms with E-state index >= 15 is 0 Å². The Bertz CT molecular complexity index is 495. The molecule has 4 nitrogen and oxygen atoms in total. The van der Waals surface area contributed by atoms with Crippen molar-refractivity contribution >= 4 is 0 Å². The number of halogens is 2. The average Bonchev–Trinajstić information content (AvgIpc) is 2.80. The number of hydrogen-bond acceptors (Lipinski definition) is 4. The van der Waals surface area contributed by atoms with Crippen molar-refractivity contribution < 1.29 is 27.7 Å². The summed E-state index contributed by atoms with van der Waals surface area (Å²) in [6.07, 6.45) is -1.92. The third kappa shape index (κ3) is 3.08. The summed E-state index contributed by atoms with van der Waals surface area (Å²) in [6.45, 7) is 1.88. The van der Waals surface area contributed by atoms with Gasteiger partial charge in [-0.2, -0.15) is 0 Å². The van der Waals surface area contributed by atoms with Crippen LogP contribution in [0.25, 0.3) is 0 Å². The maximum Gasteiger partial charge on any atom is 0.132 e. The molecular weight excluding hydrogens is 282 g/mol. The Morgan fingerprint density at radius 1 is 1.05 bits per heavy atom. The van der Waals surface area contributed by atoms with Gasteiger partial charge in [-0.15, -0.1) is 0 Å². The number of aryl methyl sites for hydroxylation is 1. The Labute approximate surface area is 122 Å². The van der Waals surface area contributed by atoms with Crippen LogP contribution in [-0.4, -0.2) is 46.2 Å². The van der Waals surface area contributed by atoms with Crippen molar-refractivity contribution in [2.24, 2.45) is 0 Å². The second-order valence-electron chi connectivity index (χ2n) is 5.07. The summed E-state index contributed by atoms with van der Waals surface area (Å²) in [7, 11) is 4.60. The lowest BCUT2D eigenvalue weighted by Gasteiger charge is -2.22. The first-order valence-corrected chi connectivity index (χ1v) is 6.69. The van der Waals surface area contributed by atoms with Crippen molar-refractivity contribution in [1.82, 2.24) is 0 Å². The minimum absolute atomic E-state index is 0.265. The molecule has 1 heterocycles. The largest absolute Gasteiger partial charge is 0.382 e. The summed E-state index contributed by atoms with van der Waals surface area (Å²) < 4.78 is 49.2. The molecule has 0 aliphatic carbocycles. The normalized spacial score (nSPS) is 29.0. The number of methoxy groups -OCH3 is 3.